The molecule has 2 aromatic rings. The largest absolute Gasteiger partial charge is 0.334 e. The number of nitriles is 1. The summed E-state index contributed by atoms with van der Waals surface area (Å²) >= 11 is 5.78. The molecule has 0 aliphatic rings. The van der Waals surface area contributed by atoms with Gasteiger partial charge in [-0.2, -0.15) is 5.26 Å². The minimum atomic E-state index is 0.551. The van der Waals surface area contributed by atoms with Gasteiger partial charge in [0.25, 0.3) is 0 Å². The van der Waals surface area contributed by atoms with Gasteiger partial charge in [-0.05, 0) is 6.07 Å². The SMILES string of the molecule is Cn1cc(C#N)c2cc(Cl)cnc21. The summed E-state index contributed by atoms with van der Waals surface area (Å²) in [6, 6.07) is 3.85. The first kappa shape index (κ1) is 8.09. The van der Waals surface area contributed by atoms with Crippen molar-refractivity contribution in [3.8, 4) is 6.07 Å². The number of fused-ring (bicyclic) bond motifs is 1. The number of hydrogen-bond acceptors (Lipinski definition) is 2. The molecule has 13 heavy (non-hydrogen) atoms. The Morgan fingerprint density at radius 3 is 3.08 bits per heavy atom. The molecule has 0 saturated heterocycles. The smallest absolute Gasteiger partial charge is 0.141 e. The number of hydrogen-bond donors (Lipinski definition) is 0. The first-order valence-corrected chi connectivity index (χ1v) is 4.11. The van der Waals surface area contributed by atoms with Gasteiger partial charge in [0.15, 0.2) is 0 Å². The van der Waals surface area contributed by atoms with Crippen LogP contribution in [0.2, 0.25) is 5.02 Å². The van der Waals surface area contributed by atoms with E-state index in [0.717, 1.165) is 11.0 Å². The van der Waals surface area contributed by atoms with E-state index in [1.165, 1.54) is 0 Å². The van der Waals surface area contributed by atoms with Crippen LogP contribution in [0.25, 0.3) is 11.0 Å². The van der Waals surface area contributed by atoms with Crippen molar-refractivity contribution in [2.75, 3.05) is 0 Å². The van der Waals surface area contributed by atoms with Crippen LogP contribution in [0.15, 0.2) is 18.5 Å². The molecule has 2 aromatic heterocycles. The molecule has 0 N–H and O–H groups in total. The Labute approximate surface area is 80.2 Å². The lowest BCUT2D eigenvalue weighted by Crippen LogP contribution is -1.86. The van der Waals surface area contributed by atoms with Crippen LogP contribution in [-0.4, -0.2) is 9.55 Å². The third-order valence-corrected chi connectivity index (χ3v) is 2.11. The molecule has 2 heterocycles. The Bertz CT molecular complexity index is 507. The van der Waals surface area contributed by atoms with Crippen LogP contribution in [0.5, 0.6) is 0 Å². The molecule has 0 saturated carbocycles. The van der Waals surface area contributed by atoms with Gasteiger partial charge in [-0.25, -0.2) is 4.98 Å². The van der Waals surface area contributed by atoms with Crippen LogP contribution in [0.3, 0.4) is 0 Å². The van der Waals surface area contributed by atoms with E-state index in [2.05, 4.69) is 11.1 Å². The summed E-state index contributed by atoms with van der Waals surface area (Å²) in [5.41, 5.74) is 1.38. The molecule has 3 nitrogen and oxygen atoms in total. The summed E-state index contributed by atoms with van der Waals surface area (Å²) in [5, 5.41) is 10.2. The van der Waals surface area contributed by atoms with E-state index in [4.69, 9.17) is 16.9 Å². The maximum atomic E-state index is 8.81. The number of pyridine rings is 1. The van der Waals surface area contributed by atoms with Crippen LogP contribution >= 0.6 is 11.6 Å². The number of rotatable bonds is 0. The third-order valence-electron chi connectivity index (χ3n) is 1.90. The highest BCUT2D eigenvalue weighted by Gasteiger charge is 2.06. The lowest BCUT2D eigenvalue weighted by Gasteiger charge is -1.93. The highest BCUT2D eigenvalue weighted by Crippen LogP contribution is 2.21. The van der Waals surface area contributed by atoms with Gasteiger partial charge in [-0.3, -0.25) is 0 Å². The van der Waals surface area contributed by atoms with Crippen LogP contribution in [0, 0.1) is 11.3 Å². The maximum absolute atomic E-state index is 8.81. The average molecular weight is 192 g/mol. The van der Waals surface area contributed by atoms with E-state index >= 15 is 0 Å². The van der Waals surface area contributed by atoms with Gasteiger partial charge < -0.3 is 4.57 Å². The molecule has 0 aromatic carbocycles. The Balaban J connectivity index is 2.91. The van der Waals surface area contributed by atoms with Gasteiger partial charge in [0, 0.05) is 24.8 Å². The zero-order valence-corrected chi connectivity index (χ0v) is 7.71. The van der Waals surface area contributed by atoms with Gasteiger partial charge in [-0.15, -0.1) is 0 Å². The van der Waals surface area contributed by atoms with Crippen molar-refractivity contribution < 1.29 is 0 Å². The Kier molecular flexibility index (Phi) is 1.71. The predicted molar refractivity (Wildman–Crippen MR) is 50.4 cm³/mol. The van der Waals surface area contributed by atoms with E-state index in [0.29, 0.717) is 10.6 Å². The lowest BCUT2D eigenvalue weighted by atomic mass is 10.2. The second kappa shape index (κ2) is 2.75. The number of aromatic nitrogens is 2. The Hall–Kier alpha value is -1.53. The molecule has 0 bridgehead atoms. The van der Waals surface area contributed by atoms with Gasteiger partial charge >= 0.3 is 0 Å². The monoisotopic (exact) mass is 191 g/mol. The van der Waals surface area contributed by atoms with E-state index in [9.17, 15) is 0 Å². The molecule has 64 valence electrons. The second-order valence-electron chi connectivity index (χ2n) is 2.79. The van der Waals surface area contributed by atoms with Crippen LogP contribution < -0.4 is 0 Å². The van der Waals surface area contributed by atoms with E-state index < -0.39 is 0 Å². The zero-order chi connectivity index (χ0) is 9.42. The fourth-order valence-electron chi connectivity index (χ4n) is 1.32. The molecule has 0 aliphatic heterocycles. The van der Waals surface area contributed by atoms with Gasteiger partial charge in [0.1, 0.15) is 11.7 Å². The molecule has 0 aliphatic carbocycles. The first-order chi connectivity index (χ1) is 6.22. The van der Waals surface area contributed by atoms with Crippen molar-refractivity contribution in [2.45, 2.75) is 0 Å². The molecule has 0 amide bonds. The normalized spacial score (nSPS) is 10.2. The van der Waals surface area contributed by atoms with Crippen molar-refractivity contribution in [3.63, 3.8) is 0 Å². The number of nitrogens with zero attached hydrogens (tertiary/aromatic N) is 3. The summed E-state index contributed by atoms with van der Waals surface area (Å²) < 4.78 is 1.81. The van der Waals surface area contributed by atoms with Crippen LogP contribution in [-0.2, 0) is 7.05 Å². The lowest BCUT2D eigenvalue weighted by molar-refractivity contribution is 0.947. The Morgan fingerprint density at radius 1 is 1.62 bits per heavy atom. The van der Waals surface area contributed by atoms with Crippen molar-refractivity contribution in [2.24, 2.45) is 7.05 Å². The topological polar surface area (TPSA) is 41.6 Å². The summed E-state index contributed by atoms with van der Waals surface area (Å²) in [5.74, 6) is 0. The zero-order valence-electron chi connectivity index (χ0n) is 6.95. The van der Waals surface area contributed by atoms with Gasteiger partial charge in [0.2, 0.25) is 0 Å². The maximum Gasteiger partial charge on any atom is 0.141 e. The van der Waals surface area contributed by atoms with Crippen LogP contribution in [0.4, 0.5) is 0 Å². The average Bonchev–Trinajstić information content (AvgIpc) is 2.42. The number of halogens is 1. The summed E-state index contributed by atoms with van der Waals surface area (Å²) in [6.45, 7) is 0. The van der Waals surface area contributed by atoms with Crippen LogP contribution in [0.1, 0.15) is 5.56 Å². The minimum Gasteiger partial charge on any atom is -0.334 e. The molecule has 0 spiro atoms. The van der Waals surface area contributed by atoms with Crippen molar-refractivity contribution in [1.29, 1.82) is 5.26 Å². The Morgan fingerprint density at radius 2 is 2.38 bits per heavy atom. The summed E-state index contributed by atoms with van der Waals surface area (Å²) in [6.07, 6.45) is 3.32. The van der Waals surface area contributed by atoms with Gasteiger partial charge in [-0.1, -0.05) is 11.6 Å². The van der Waals surface area contributed by atoms with Gasteiger partial charge in [0.05, 0.1) is 10.6 Å². The third kappa shape index (κ3) is 1.16. The molecule has 0 unspecified atom stereocenters. The van der Waals surface area contributed by atoms with E-state index in [1.807, 2.05) is 11.6 Å². The van der Waals surface area contributed by atoms with Crippen molar-refractivity contribution in [3.05, 3.63) is 29.0 Å². The molecule has 0 radical (unpaired) electrons. The summed E-state index contributed by atoms with van der Waals surface area (Å²) in [4.78, 5) is 4.13. The minimum absolute atomic E-state index is 0.551. The molecular weight excluding hydrogens is 186 g/mol. The summed E-state index contributed by atoms with van der Waals surface area (Å²) in [7, 11) is 1.85. The molecule has 0 fully saturated rings. The quantitative estimate of drug-likeness (QED) is 0.640. The van der Waals surface area contributed by atoms with Crippen molar-refractivity contribution in [1.82, 2.24) is 9.55 Å². The molecule has 2 rings (SSSR count). The highest BCUT2D eigenvalue weighted by molar-refractivity contribution is 6.31. The molecule has 0 atom stereocenters. The fourth-order valence-corrected chi connectivity index (χ4v) is 1.48. The van der Waals surface area contributed by atoms with E-state index in [1.54, 1.807) is 18.5 Å². The molecular formula is C9H6ClN3. The van der Waals surface area contributed by atoms with Crippen molar-refractivity contribution >= 4 is 22.6 Å². The van der Waals surface area contributed by atoms with E-state index in [-0.39, 0.29) is 0 Å². The highest BCUT2D eigenvalue weighted by atomic mass is 35.5. The fraction of sp³-hybridized carbons (Fsp3) is 0.111. The predicted octanol–water partition coefficient (Wildman–Crippen LogP) is 2.10. The standard InChI is InChI=1S/C9H6ClN3/c1-13-5-6(3-11)8-2-7(10)4-12-9(8)13/h2,4-5H,1H3. The number of aryl methyl sites for hydroxylation is 1. The first-order valence-electron chi connectivity index (χ1n) is 3.73. The second-order valence-corrected chi connectivity index (χ2v) is 3.23. The molecule has 4 heteroatoms.